The molecule has 0 bridgehead atoms. The van der Waals surface area contributed by atoms with E-state index in [1.54, 1.807) is 12.1 Å². The van der Waals surface area contributed by atoms with Crippen LogP contribution >= 0.6 is 0 Å². The Balaban J connectivity index is 1.31. The summed E-state index contributed by atoms with van der Waals surface area (Å²) >= 11 is 0. The van der Waals surface area contributed by atoms with Gasteiger partial charge in [-0.05, 0) is 69.4 Å². The van der Waals surface area contributed by atoms with Crippen molar-refractivity contribution in [3.8, 4) is 0 Å². The van der Waals surface area contributed by atoms with Crippen LogP contribution in [0.15, 0.2) is 65.7 Å². The number of aromatic nitrogens is 1. The number of carbonyl (C=O) groups is 1. The number of nitrogens with zero attached hydrogens (tertiary/aromatic N) is 2. The first kappa shape index (κ1) is 23.5. The molecule has 0 saturated carbocycles. The predicted octanol–water partition coefficient (Wildman–Crippen LogP) is 4.20. The Morgan fingerprint density at radius 3 is 2.52 bits per heavy atom. The van der Waals surface area contributed by atoms with Gasteiger partial charge in [-0.1, -0.05) is 30.3 Å². The summed E-state index contributed by atoms with van der Waals surface area (Å²) in [4.78, 5) is 13.1. The summed E-state index contributed by atoms with van der Waals surface area (Å²) in [5.74, 6) is -0.105. The molecule has 1 atom stereocenters. The molecule has 6 nitrogen and oxygen atoms in total. The average Bonchev–Trinajstić information content (AvgIpc) is 3.26. The normalized spacial score (nSPS) is 16.7. The Bertz CT molecular complexity index is 1200. The zero-order valence-electron chi connectivity index (χ0n) is 19.4. The summed E-state index contributed by atoms with van der Waals surface area (Å²) in [6.45, 7) is 5.67. The van der Waals surface area contributed by atoms with Crippen molar-refractivity contribution in [1.29, 1.82) is 0 Å². The maximum absolute atomic E-state index is 13.2. The van der Waals surface area contributed by atoms with Crippen molar-refractivity contribution in [2.75, 3.05) is 13.1 Å². The zero-order valence-corrected chi connectivity index (χ0v) is 20.2. The van der Waals surface area contributed by atoms with Gasteiger partial charge in [0.15, 0.2) is 0 Å². The number of sulfonamides is 1. The molecule has 0 spiro atoms. The van der Waals surface area contributed by atoms with Gasteiger partial charge in [0.2, 0.25) is 15.9 Å². The van der Waals surface area contributed by atoms with Crippen LogP contribution < -0.4 is 5.32 Å². The van der Waals surface area contributed by atoms with E-state index in [9.17, 15) is 13.2 Å². The van der Waals surface area contributed by atoms with Gasteiger partial charge in [0.05, 0.1) is 4.90 Å². The Kier molecular flexibility index (Phi) is 7.20. The summed E-state index contributed by atoms with van der Waals surface area (Å²) in [6, 6.07) is 17.6. The highest BCUT2D eigenvalue weighted by Gasteiger charge is 2.32. The molecule has 7 heteroatoms. The molecule has 0 aliphatic carbocycles. The first-order valence-corrected chi connectivity index (χ1v) is 13.3. The summed E-state index contributed by atoms with van der Waals surface area (Å²) in [5.41, 5.74) is 2.30. The van der Waals surface area contributed by atoms with Crippen molar-refractivity contribution in [1.82, 2.24) is 14.2 Å². The molecule has 1 saturated heterocycles. The van der Waals surface area contributed by atoms with E-state index in [0.29, 0.717) is 30.8 Å². The number of piperidine rings is 1. The van der Waals surface area contributed by atoms with E-state index in [4.69, 9.17) is 0 Å². The summed E-state index contributed by atoms with van der Waals surface area (Å²) < 4.78 is 30.0. The smallest absolute Gasteiger partial charge is 0.243 e. The monoisotopic (exact) mass is 467 g/mol. The van der Waals surface area contributed by atoms with Gasteiger partial charge >= 0.3 is 0 Å². The van der Waals surface area contributed by atoms with E-state index in [2.05, 4.69) is 28.9 Å². The third kappa shape index (κ3) is 5.31. The number of fused-ring (bicyclic) bond motifs is 1. The number of carbonyl (C=O) groups excluding carboxylic acids is 1. The molecule has 1 amide bonds. The van der Waals surface area contributed by atoms with Gasteiger partial charge < -0.3 is 9.88 Å². The lowest BCUT2D eigenvalue weighted by Gasteiger charge is -2.31. The van der Waals surface area contributed by atoms with Crippen LogP contribution in [0.4, 0.5) is 0 Å². The van der Waals surface area contributed by atoms with E-state index in [1.807, 2.05) is 43.5 Å². The van der Waals surface area contributed by atoms with E-state index in [0.717, 1.165) is 30.3 Å². The van der Waals surface area contributed by atoms with Gasteiger partial charge in [0.1, 0.15) is 0 Å². The second kappa shape index (κ2) is 10.1. The second-order valence-electron chi connectivity index (χ2n) is 8.93. The van der Waals surface area contributed by atoms with E-state index in [1.165, 1.54) is 9.87 Å². The number of hydrogen-bond donors (Lipinski definition) is 1. The lowest BCUT2D eigenvalue weighted by molar-refractivity contribution is -0.126. The molecule has 1 aromatic heterocycles. The topological polar surface area (TPSA) is 71.4 Å². The maximum atomic E-state index is 13.2. The van der Waals surface area contributed by atoms with Crippen molar-refractivity contribution >= 4 is 26.8 Å². The van der Waals surface area contributed by atoms with Gasteiger partial charge in [0, 0.05) is 48.7 Å². The van der Waals surface area contributed by atoms with Gasteiger partial charge in [0.25, 0.3) is 0 Å². The third-order valence-electron chi connectivity index (χ3n) is 6.64. The first-order chi connectivity index (χ1) is 15.9. The Morgan fingerprint density at radius 2 is 1.82 bits per heavy atom. The van der Waals surface area contributed by atoms with Crippen LogP contribution in [0, 0.1) is 5.92 Å². The molecule has 0 unspecified atom stereocenters. The van der Waals surface area contributed by atoms with E-state index >= 15 is 0 Å². The summed E-state index contributed by atoms with van der Waals surface area (Å²) in [7, 11) is -3.57. The zero-order chi connectivity index (χ0) is 23.4. The molecular weight excluding hydrogens is 434 g/mol. The van der Waals surface area contributed by atoms with Crippen molar-refractivity contribution in [2.45, 2.75) is 57.0 Å². The molecule has 0 radical (unpaired) electrons. The van der Waals surface area contributed by atoms with Gasteiger partial charge in [-0.15, -0.1) is 0 Å². The van der Waals surface area contributed by atoms with E-state index < -0.39 is 10.0 Å². The SMILES string of the molecule is CCn1ccc2cc(S(=O)(=O)N3CCC(C(=O)N[C@H](C)CCc4ccccc4)CC3)ccc21. The molecular formula is C26H33N3O3S. The van der Waals surface area contributed by atoms with Crippen LogP contribution in [-0.4, -0.2) is 42.3 Å². The first-order valence-electron chi connectivity index (χ1n) is 11.8. The molecule has 33 heavy (non-hydrogen) atoms. The quantitative estimate of drug-likeness (QED) is 0.540. The van der Waals surface area contributed by atoms with Crippen LogP contribution in [-0.2, 0) is 27.8 Å². The van der Waals surface area contributed by atoms with E-state index in [-0.39, 0.29) is 17.9 Å². The minimum atomic E-state index is -3.57. The lowest BCUT2D eigenvalue weighted by atomic mass is 9.96. The Labute approximate surface area is 196 Å². The van der Waals surface area contributed by atoms with Crippen molar-refractivity contribution in [3.63, 3.8) is 0 Å². The fourth-order valence-corrected chi connectivity index (χ4v) is 6.09. The molecule has 1 fully saturated rings. The van der Waals surface area contributed by atoms with Crippen LogP contribution in [0.3, 0.4) is 0 Å². The second-order valence-corrected chi connectivity index (χ2v) is 10.9. The van der Waals surface area contributed by atoms with Crippen molar-refractivity contribution in [2.24, 2.45) is 5.92 Å². The highest BCUT2D eigenvalue weighted by atomic mass is 32.2. The minimum absolute atomic E-state index is 0.0370. The molecule has 1 N–H and O–H groups in total. The molecule has 4 rings (SSSR count). The molecule has 2 aromatic carbocycles. The number of aryl methyl sites for hydroxylation is 2. The van der Waals surface area contributed by atoms with Crippen LogP contribution in [0.1, 0.15) is 38.7 Å². The summed E-state index contributed by atoms with van der Waals surface area (Å²) in [5, 5.41) is 4.05. The van der Waals surface area contributed by atoms with Crippen LogP contribution in [0.5, 0.6) is 0 Å². The molecule has 1 aliphatic rings. The largest absolute Gasteiger partial charge is 0.353 e. The standard InChI is InChI=1S/C26H33N3O3S/c1-3-28-16-13-23-19-24(11-12-25(23)28)33(31,32)29-17-14-22(15-18-29)26(30)27-20(2)9-10-21-7-5-4-6-8-21/h4-8,11-13,16,19-20,22H,3,9-10,14-15,17-18H2,1-2H3,(H,27,30)/t20-/m1/s1. The average molecular weight is 468 g/mol. The number of hydrogen-bond acceptors (Lipinski definition) is 3. The molecule has 2 heterocycles. The highest BCUT2D eigenvalue weighted by molar-refractivity contribution is 7.89. The fraction of sp³-hybridized carbons (Fsp3) is 0.423. The Morgan fingerprint density at radius 1 is 1.09 bits per heavy atom. The van der Waals surface area contributed by atoms with Gasteiger partial charge in [-0.3, -0.25) is 4.79 Å². The summed E-state index contributed by atoms with van der Waals surface area (Å²) in [6.07, 6.45) is 4.87. The van der Waals surface area contributed by atoms with Crippen LogP contribution in [0.25, 0.3) is 10.9 Å². The van der Waals surface area contributed by atoms with Crippen LogP contribution in [0.2, 0.25) is 0 Å². The third-order valence-corrected chi connectivity index (χ3v) is 8.54. The van der Waals surface area contributed by atoms with Gasteiger partial charge in [-0.2, -0.15) is 4.31 Å². The number of benzene rings is 2. The molecule has 3 aromatic rings. The number of amides is 1. The van der Waals surface area contributed by atoms with Crippen molar-refractivity contribution < 1.29 is 13.2 Å². The number of rotatable bonds is 8. The Hall–Kier alpha value is -2.64. The van der Waals surface area contributed by atoms with Gasteiger partial charge in [-0.25, -0.2) is 8.42 Å². The van der Waals surface area contributed by atoms with Crippen molar-refractivity contribution in [3.05, 3.63) is 66.4 Å². The fourth-order valence-electron chi connectivity index (χ4n) is 4.58. The predicted molar refractivity (Wildman–Crippen MR) is 131 cm³/mol. The minimum Gasteiger partial charge on any atom is -0.353 e. The lowest BCUT2D eigenvalue weighted by Crippen LogP contribution is -2.44. The molecule has 1 aliphatic heterocycles. The maximum Gasteiger partial charge on any atom is 0.243 e. The molecule has 176 valence electrons. The highest BCUT2D eigenvalue weighted by Crippen LogP contribution is 2.27. The number of nitrogens with one attached hydrogen (secondary N) is 1.